The van der Waals surface area contributed by atoms with E-state index >= 15 is 0 Å². The topological polar surface area (TPSA) is 180 Å². The summed E-state index contributed by atoms with van der Waals surface area (Å²) in [4.78, 5) is 50.5. The zero-order valence-electron chi connectivity index (χ0n) is 34.9. The lowest BCUT2D eigenvalue weighted by molar-refractivity contribution is -0.144. The van der Waals surface area contributed by atoms with Crippen molar-refractivity contribution in [2.75, 3.05) is 103 Å². The predicted octanol–water partition coefficient (Wildman–Crippen LogP) is 4.59. The molecule has 2 unspecified atom stereocenters. The van der Waals surface area contributed by atoms with Crippen molar-refractivity contribution in [3.63, 3.8) is 0 Å². The Morgan fingerprint density at radius 3 is 2.05 bits per heavy atom. The molecule has 15 nitrogen and oxygen atoms in total. The van der Waals surface area contributed by atoms with Crippen molar-refractivity contribution >= 4 is 50.8 Å². The van der Waals surface area contributed by atoms with Gasteiger partial charge in [-0.1, -0.05) is 45.0 Å². The molecule has 2 aromatic heterocycles. The van der Waals surface area contributed by atoms with Gasteiger partial charge in [0, 0.05) is 50.2 Å². The monoisotopic (exact) mass is 833 g/mol. The second-order valence-electron chi connectivity index (χ2n) is 15.5. The number of amides is 3. The predicted molar refractivity (Wildman–Crippen MR) is 231 cm³/mol. The molecule has 4 N–H and O–H groups in total. The van der Waals surface area contributed by atoms with Crippen LogP contribution in [0.4, 0.5) is 11.5 Å². The summed E-state index contributed by atoms with van der Waals surface area (Å²) in [6.45, 7) is 10.0. The molecule has 0 saturated carbocycles. The smallest absolute Gasteiger partial charge is 0.246 e. The number of hydrogen-bond donors (Lipinski definition) is 3. The number of benzene rings is 2. The van der Waals surface area contributed by atoms with Gasteiger partial charge in [0.2, 0.25) is 17.7 Å². The average molecular weight is 834 g/mol. The van der Waals surface area contributed by atoms with Crippen molar-refractivity contribution < 1.29 is 38.1 Å². The zero-order valence-corrected chi connectivity index (χ0v) is 35.7. The van der Waals surface area contributed by atoms with Crippen LogP contribution in [0.25, 0.3) is 31.9 Å². The van der Waals surface area contributed by atoms with Crippen molar-refractivity contribution in [1.82, 2.24) is 20.2 Å². The van der Waals surface area contributed by atoms with Crippen LogP contribution >= 0.6 is 11.3 Å². The Morgan fingerprint density at radius 2 is 1.46 bits per heavy atom. The third-order valence-corrected chi connectivity index (χ3v) is 10.7. The number of aromatic nitrogens is 2. The first kappa shape index (κ1) is 45.4. The van der Waals surface area contributed by atoms with E-state index in [4.69, 9.17) is 34.4 Å². The third kappa shape index (κ3) is 13.9. The highest BCUT2D eigenvalue weighted by molar-refractivity contribution is 7.21. The van der Waals surface area contributed by atoms with E-state index in [2.05, 4.69) is 69.0 Å². The van der Waals surface area contributed by atoms with Crippen LogP contribution in [0.2, 0.25) is 0 Å². The third-order valence-electron chi connectivity index (χ3n) is 9.67. The second kappa shape index (κ2) is 22.6. The Morgan fingerprint density at radius 1 is 0.847 bits per heavy atom. The molecular formula is C43H59N7O8S. The highest BCUT2D eigenvalue weighted by atomic mass is 32.1. The Labute approximate surface area is 350 Å². The van der Waals surface area contributed by atoms with Crippen molar-refractivity contribution in [3.8, 4) is 21.7 Å². The van der Waals surface area contributed by atoms with E-state index < -0.39 is 29.3 Å². The number of likely N-dealkylation sites (tertiary alicyclic amines) is 1. The molecule has 3 amide bonds. The highest BCUT2D eigenvalue weighted by Gasteiger charge is 2.41. The molecule has 1 aliphatic heterocycles. The maximum atomic E-state index is 13.2. The van der Waals surface area contributed by atoms with Crippen molar-refractivity contribution in [2.24, 2.45) is 11.1 Å². The minimum atomic E-state index is -0.814. The van der Waals surface area contributed by atoms with Gasteiger partial charge >= 0.3 is 0 Å². The van der Waals surface area contributed by atoms with Crippen LogP contribution in [-0.4, -0.2) is 138 Å². The average Bonchev–Trinajstić information content (AvgIpc) is 3.89. The molecule has 320 valence electrons. The number of nitrogens with two attached hydrogens (primary N) is 1. The van der Waals surface area contributed by atoms with E-state index in [0.29, 0.717) is 72.2 Å². The lowest BCUT2D eigenvalue weighted by Crippen LogP contribution is -2.57. The van der Waals surface area contributed by atoms with Crippen molar-refractivity contribution in [1.29, 1.82) is 0 Å². The van der Waals surface area contributed by atoms with Crippen LogP contribution in [-0.2, 0) is 38.1 Å². The van der Waals surface area contributed by atoms with Gasteiger partial charge in [0.05, 0.1) is 69.7 Å². The zero-order chi connectivity index (χ0) is 42.2. The number of pyridine rings is 1. The number of hydrogen-bond acceptors (Lipinski definition) is 13. The summed E-state index contributed by atoms with van der Waals surface area (Å²) in [5.41, 5.74) is 10.3. The van der Waals surface area contributed by atoms with E-state index in [1.165, 1.54) is 15.3 Å². The van der Waals surface area contributed by atoms with Crippen LogP contribution in [0.1, 0.15) is 33.6 Å². The molecule has 1 fully saturated rings. The molecule has 0 aliphatic carbocycles. The largest absolute Gasteiger partial charge is 0.378 e. The number of ether oxygens (including phenoxy) is 5. The van der Waals surface area contributed by atoms with Gasteiger partial charge in [-0.3, -0.25) is 14.4 Å². The maximum Gasteiger partial charge on any atom is 0.246 e. The van der Waals surface area contributed by atoms with Gasteiger partial charge < -0.3 is 49.9 Å². The lowest BCUT2D eigenvalue weighted by Gasteiger charge is -2.35. The van der Waals surface area contributed by atoms with E-state index in [1.54, 1.807) is 11.3 Å². The number of nitrogens with one attached hydrogen (secondary N) is 2. The molecular weight excluding hydrogens is 775 g/mol. The van der Waals surface area contributed by atoms with Gasteiger partial charge in [-0.15, -0.1) is 11.3 Å². The van der Waals surface area contributed by atoms with Crippen LogP contribution in [0.3, 0.4) is 0 Å². The summed E-state index contributed by atoms with van der Waals surface area (Å²) in [6, 6.07) is 17.4. The summed E-state index contributed by atoms with van der Waals surface area (Å²) in [6.07, 6.45) is 3.10. The summed E-state index contributed by atoms with van der Waals surface area (Å²) >= 11 is 1.70. The molecule has 1 saturated heterocycles. The van der Waals surface area contributed by atoms with Gasteiger partial charge in [-0.05, 0) is 54.2 Å². The number of rotatable bonds is 24. The Balaban J connectivity index is 0.837. The quantitative estimate of drug-likeness (QED) is 0.0838. The molecule has 0 radical (unpaired) electrons. The Bertz CT molecular complexity index is 1940. The first-order valence-electron chi connectivity index (χ1n) is 20.1. The number of carbonyl (C=O) groups is 3. The minimum absolute atomic E-state index is 0.208. The Hall–Kier alpha value is -4.71. The fraction of sp³-hybridized carbons (Fsp3) is 0.512. The molecule has 16 heteroatoms. The molecule has 0 bridgehead atoms. The highest BCUT2D eigenvalue weighted by Crippen LogP contribution is 2.33. The van der Waals surface area contributed by atoms with Crippen molar-refractivity contribution in [3.05, 3.63) is 60.8 Å². The molecule has 4 aromatic rings. The van der Waals surface area contributed by atoms with Crippen LogP contribution in [0.15, 0.2) is 60.8 Å². The van der Waals surface area contributed by atoms with E-state index in [9.17, 15) is 14.4 Å². The molecule has 2 aromatic carbocycles. The summed E-state index contributed by atoms with van der Waals surface area (Å²) in [5, 5.41) is 7.07. The van der Waals surface area contributed by atoms with Gasteiger partial charge in [0.1, 0.15) is 29.5 Å². The van der Waals surface area contributed by atoms with E-state index in [-0.39, 0.29) is 25.7 Å². The number of primary amides is 1. The van der Waals surface area contributed by atoms with E-state index in [1.807, 2.05) is 47.1 Å². The first-order valence-corrected chi connectivity index (χ1v) is 20.9. The van der Waals surface area contributed by atoms with Gasteiger partial charge in [0.25, 0.3) is 0 Å². The summed E-state index contributed by atoms with van der Waals surface area (Å²) in [7, 11) is 4.09. The molecule has 59 heavy (non-hydrogen) atoms. The first-order chi connectivity index (χ1) is 28.4. The molecule has 3 heterocycles. The number of anilines is 2. The van der Waals surface area contributed by atoms with E-state index in [0.717, 1.165) is 33.0 Å². The SMILES string of the molecule is CN(C)c1ccc2nc(-c3ccc(-c4ccc(NCCOCCOCCOCCOCCOCC(=O)NC(C(=O)N5CCCC5C(N)=O)C(C)(C)C)nc4)cc3)sc2c1. The minimum Gasteiger partial charge on any atom is -0.378 e. The Kier molecular flexibility index (Phi) is 17.4. The molecule has 0 spiro atoms. The maximum absolute atomic E-state index is 13.2. The number of nitrogens with zero attached hydrogens (tertiary/aromatic N) is 4. The van der Waals surface area contributed by atoms with Crippen LogP contribution in [0, 0.1) is 5.41 Å². The van der Waals surface area contributed by atoms with Crippen LogP contribution < -0.4 is 21.3 Å². The van der Waals surface area contributed by atoms with Gasteiger partial charge in [0.15, 0.2) is 0 Å². The summed E-state index contributed by atoms with van der Waals surface area (Å²) in [5.74, 6) is -0.477. The second-order valence-corrected chi connectivity index (χ2v) is 16.5. The molecule has 2 atom stereocenters. The number of thiazole rings is 1. The van der Waals surface area contributed by atoms with Gasteiger partial charge in [-0.2, -0.15) is 0 Å². The number of carbonyl (C=O) groups excluding carboxylic acids is 3. The van der Waals surface area contributed by atoms with Crippen LogP contribution in [0.5, 0.6) is 0 Å². The summed E-state index contributed by atoms with van der Waals surface area (Å²) < 4.78 is 28.9. The number of fused-ring (bicyclic) bond motifs is 1. The fourth-order valence-corrected chi connectivity index (χ4v) is 7.43. The molecule has 1 aliphatic rings. The lowest BCUT2D eigenvalue weighted by atomic mass is 9.85. The van der Waals surface area contributed by atoms with Crippen molar-refractivity contribution in [2.45, 2.75) is 45.7 Å². The normalized spacial score (nSPS) is 14.7. The standard InChI is InChI=1S/C43H59N7O8S/c1-43(2,3)39(42(53)50-17-6-7-35(50)40(44)52)48-38(51)29-58-26-25-57-24-23-56-22-21-55-20-19-54-18-16-45-37-15-12-32(28-46-37)30-8-10-31(11-9-30)41-47-34-14-13-33(49(4)5)27-36(34)59-41/h8-15,27-28,35,39H,6-7,16-26,29H2,1-5H3,(H2,44,52)(H,45,46)(H,48,51). The van der Waals surface area contributed by atoms with Gasteiger partial charge in [-0.25, -0.2) is 9.97 Å². The molecule has 5 rings (SSSR count). The fourth-order valence-electron chi connectivity index (χ4n) is 6.43.